The number of ketones is 1. The summed E-state index contributed by atoms with van der Waals surface area (Å²) in [6, 6.07) is 16.7. The molecule has 6 heteroatoms. The maximum absolute atomic E-state index is 13.1. The first kappa shape index (κ1) is 18.6. The van der Waals surface area contributed by atoms with Crippen LogP contribution in [0.1, 0.15) is 27.7 Å². The molecule has 29 heavy (non-hydrogen) atoms. The van der Waals surface area contributed by atoms with Crippen molar-refractivity contribution in [3.05, 3.63) is 95.1 Å². The quantitative estimate of drug-likeness (QED) is 0.655. The molecule has 1 unspecified atom stereocenters. The van der Waals surface area contributed by atoms with Gasteiger partial charge in [-0.15, -0.1) is 0 Å². The van der Waals surface area contributed by atoms with Crippen molar-refractivity contribution in [2.45, 2.75) is 13.0 Å². The number of aliphatic hydroxyl groups excluding tert-OH is 1. The van der Waals surface area contributed by atoms with E-state index in [-0.39, 0.29) is 11.3 Å². The number of hydrogen-bond acceptors (Lipinski definition) is 5. The first-order valence-corrected chi connectivity index (χ1v) is 9.06. The van der Waals surface area contributed by atoms with E-state index in [0.29, 0.717) is 17.0 Å². The molecular weight excluding hydrogens is 370 g/mol. The Hall–Kier alpha value is -3.80. The smallest absolute Gasteiger partial charge is 0.294 e. The van der Waals surface area contributed by atoms with Gasteiger partial charge in [-0.05, 0) is 48.9 Å². The molecule has 0 spiro atoms. The molecule has 0 fully saturated rings. The summed E-state index contributed by atoms with van der Waals surface area (Å²) in [6.45, 7) is 1.93. The molecule has 1 aliphatic rings. The average molecular weight is 389 g/mol. The van der Waals surface area contributed by atoms with Crippen LogP contribution >= 0.6 is 0 Å². The lowest BCUT2D eigenvalue weighted by molar-refractivity contribution is -0.117. The fourth-order valence-corrected chi connectivity index (χ4v) is 3.54. The van der Waals surface area contributed by atoms with E-state index in [1.54, 1.807) is 37.4 Å². The van der Waals surface area contributed by atoms with Gasteiger partial charge in [-0.1, -0.05) is 29.8 Å². The molecule has 0 radical (unpaired) electrons. The Morgan fingerprint density at radius 1 is 1.10 bits per heavy atom. The van der Waals surface area contributed by atoms with E-state index >= 15 is 0 Å². The maximum atomic E-state index is 13.1. The maximum Gasteiger partial charge on any atom is 0.294 e. The summed E-state index contributed by atoms with van der Waals surface area (Å²) >= 11 is 0. The molecule has 2 heterocycles. The highest BCUT2D eigenvalue weighted by molar-refractivity contribution is 6.20. The fraction of sp³-hybridized carbons (Fsp3) is 0.130. The van der Waals surface area contributed by atoms with Gasteiger partial charge in [-0.25, -0.2) is 0 Å². The Kier molecular flexibility index (Phi) is 4.68. The standard InChI is InChI=1S/C23H19NO5/c1-14-5-3-6-15(13-14)20-19(21(25)18-7-4-12-29-18)22(26)23(27)24(20)16-8-10-17(28-2)11-9-16/h3-13,20,26H,1-2H3. The third-order valence-electron chi connectivity index (χ3n) is 4.91. The zero-order valence-corrected chi connectivity index (χ0v) is 16.0. The predicted molar refractivity (Wildman–Crippen MR) is 107 cm³/mol. The number of nitrogens with zero attached hydrogens (tertiary/aromatic N) is 1. The van der Waals surface area contributed by atoms with E-state index in [9.17, 15) is 14.7 Å². The molecule has 1 atom stereocenters. The van der Waals surface area contributed by atoms with E-state index in [2.05, 4.69) is 0 Å². The number of hydrogen-bond donors (Lipinski definition) is 1. The zero-order valence-electron chi connectivity index (χ0n) is 16.0. The monoisotopic (exact) mass is 389 g/mol. The first-order valence-electron chi connectivity index (χ1n) is 9.06. The van der Waals surface area contributed by atoms with E-state index in [1.165, 1.54) is 17.2 Å². The van der Waals surface area contributed by atoms with Gasteiger partial charge in [0.1, 0.15) is 5.75 Å². The van der Waals surface area contributed by atoms with Crippen molar-refractivity contribution in [1.29, 1.82) is 0 Å². The number of aryl methyl sites for hydroxylation is 1. The van der Waals surface area contributed by atoms with Crippen molar-refractivity contribution >= 4 is 17.4 Å². The molecule has 1 amide bonds. The van der Waals surface area contributed by atoms with E-state index < -0.39 is 23.5 Å². The Labute approximate surface area is 167 Å². The van der Waals surface area contributed by atoms with Crippen LogP contribution < -0.4 is 9.64 Å². The SMILES string of the molecule is COc1ccc(N2C(=O)C(O)=C(C(=O)c3ccco3)C2c2cccc(C)c2)cc1. The molecular formula is C23H19NO5. The number of anilines is 1. The molecule has 3 aromatic rings. The minimum absolute atomic E-state index is 0.00799. The number of furan rings is 1. The summed E-state index contributed by atoms with van der Waals surface area (Å²) in [7, 11) is 1.55. The van der Waals surface area contributed by atoms with Crippen LogP contribution in [0.3, 0.4) is 0 Å². The number of amides is 1. The molecule has 1 aromatic heterocycles. The molecule has 0 aliphatic carbocycles. The minimum Gasteiger partial charge on any atom is -0.503 e. The van der Waals surface area contributed by atoms with Gasteiger partial charge in [0.25, 0.3) is 5.91 Å². The summed E-state index contributed by atoms with van der Waals surface area (Å²) < 4.78 is 10.4. The van der Waals surface area contributed by atoms with Crippen LogP contribution in [0.4, 0.5) is 5.69 Å². The van der Waals surface area contributed by atoms with E-state index in [0.717, 1.165) is 5.56 Å². The Morgan fingerprint density at radius 3 is 2.48 bits per heavy atom. The largest absolute Gasteiger partial charge is 0.503 e. The van der Waals surface area contributed by atoms with Crippen LogP contribution in [-0.2, 0) is 4.79 Å². The van der Waals surface area contributed by atoms with Gasteiger partial charge in [0.2, 0.25) is 5.78 Å². The van der Waals surface area contributed by atoms with E-state index in [1.807, 2.05) is 31.2 Å². The van der Waals surface area contributed by atoms with Crippen molar-refractivity contribution in [2.24, 2.45) is 0 Å². The molecule has 2 aromatic carbocycles. The van der Waals surface area contributed by atoms with Crippen LogP contribution in [0.15, 0.2) is 82.7 Å². The van der Waals surface area contributed by atoms with Crippen LogP contribution in [0, 0.1) is 6.92 Å². The topological polar surface area (TPSA) is 80.0 Å². The van der Waals surface area contributed by atoms with Crippen LogP contribution in [0.5, 0.6) is 5.75 Å². The predicted octanol–water partition coefficient (Wildman–Crippen LogP) is 4.38. The van der Waals surface area contributed by atoms with Crippen LogP contribution in [-0.4, -0.2) is 23.9 Å². The third kappa shape index (κ3) is 3.18. The van der Waals surface area contributed by atoms with Crippen molar-refractivity contribution < 1.29 is 23.8 Å². The van der Waals surface area contributed by atoms with Crippen LogP contribution in [0.2, 0.25) is 0 Å². The molecule has 0 bridgehead atoms. The highest BCUT2D eigenvalue weighted by atomic mass is 16.5. The molecule has 0 saturated carbocycles. The number of ether oxygens (including phenoxy) is 1. The van der Waals surface area contributed by atoms with Gasteiger partial charge in [-0.2, -0.15) is 0 Å². The molecule has 146 valence electrons. The normalized spacial score (nSPS) is 16.4. The van der Waals surface area contributed by atoms with Crippen molar-refractivity contribution in [3.8, 4) is 5.75 Å². The Balaban J connectivity index is 1.87. The number of Topliss-reactive ketones (excluding diaryl/α,β-unsaturated/α-hetero) is 1. The van der Waals surface area contributed by atoms with Crippen molar-refractivity contribution in [1.82, 2.24) is 0 Å². The molecule has 6 nitrogen and oxygen atoms in total. The number of carbonyl (C=O) groups excluding carboxylic acids is 2. The van der Waals surface area contributed by atoms with Gasteiger partial charge in [0, 0.05) is 5.69 Å². The van der Waals surface area contributed by atoms with E-state index in [4.69, 9.17) is 9.15 Å². The van der Waals surface area contributed by atoms with Gasteiger partial charge in [-0.3, -0.25) is 14.5 Å². The number of benzene rings is 2. The molecule has 4 rings (SSSR count). The second kappa shape index (κ2) is 7.31. The van der Waals surface area contributed by atoms with Gasteiger partial charge < -0.3 is 14.3 Å². The Bertz CT molecular complexity index is 1100. The molecule has 0 saturated heterocycles. The lowest BCUT2D eigenvalue weighted by Crippen LogP contribution is -2.31. The lowest BCUT2D eigenvalue weighted by atomic mass is 9.94. The van der Waals surface area contributed by atoms with Crippen LogP contribution in [0.25, 0.3) is 0 Å². The third-order valence-corrected chi connectivity index (χ3v) is 4.91. The summed E-state index contributed by atoms with van der Waals surface area (Å²) in [6.07, 6.45) is 1.38. The average Bonchev–Trinajstić information content (AvgIpc) is 3.35. The highest BCUT2D eigenvalue weighted by Gasteiger charge is 2.45. The molecule has 1 aliphatic heterocycles. The van der Waals surface area contributed by atoms with Gasteiger partial charge in [0.05, 0.1) is 25.0 Å². The summed E-state index contributed by atoms with van der Waals surface area (Å²) in [4.78, 5) is 27.5. The summed E-state index contributed by atoms with van der Waals surface area (Å²) in [5.74, 6) is -1.04. The van der Waals surface area contributed by atoms with Gasteiger partial charge >= 0.3 is 0 Å². The van der Waals surface area contributed by atoms with Crippen molar-refractivity contribution in [3.63, 3.8) is 0 Å². The van der Waals surface area contributed by atoms with Gasteiger partial charge in [0.15, 0.2) is 11.5 Å². The summed E-state index contributed by atoms with van der Waals surface area (Å²) in [5, 5.41) is 10.7. The summed E-state index contributed by atoms with van der Waals surface area (Å²) in [5.41, 5.74) is 2.22. The number of carbonyl (C=O) groups is 2. The number of methoxy groups -OCH3 is 1. The number of rotatable bonds is 5. The zero-order chi connectivity index (χ0) is 20.5. The minimum atomic E-state index is -0.784. The first-order chi connectivity index (χ1) is 14.0. The molecule has 1 N–H and O–H groups in total. The number of aliphatic hydroxyl groups is 1. The van der Waals surface area contributed by atoms with Crippen molar-refractivity contribution in [2.75, 3.05) is 12.0 Å². The second-order valence-electron chi connectivity index (χ2n) is 6.76. The highest BCUT2D eigenvalue weighted by Crippen LogP contribution is 2.42. The lowest BCUT2D eigenvalue weighted by Gasteiger charge is -2.27. The Morgan fingerprint density at radius 2 is 1.86 bits per heavy atom. The fourth-order valence-electron chi connectivity index (χ4n) is 3.54. The second-order valence-corrected chi connectivity index (χ2v) is 6.76.